The fourth-order valence-corrected chi connectivity index (χ4v) is 3.23. The number of benzene rings is 1. The summed E-state index contributed by atoms with van der Waals surface area (Å²) in [5.74, 6) is 1.30. The number of nitrogens with zero attached hydrogens (tertiary/aromatic N) is 5. The van der Waals surface area contributed by atoms with E-state index < -0.39 is 6.10 Å². The number of hydrogen-bond acceptors (Lipinski definition) is 5. The predicted molar refractivity (Wildman–Crippen MR) is 111 cm³/mol. The normalized spacial score (nSPS) is 16.1. The number of anilines is 1. The number of aromatic nitrogens is 2. The molecule has 1 fully saturated rings. The first-order valence-corrected chi connectivity index (χ1v) is 9.66. The van der Waals surface area contributed by atoms with Crippen molar-refractivity contribution in [2.75, 3.05) is 44.7 Å². The zero-order chi connectivity index (χ0) is 20.8. The highest BCUT2D eigenvalue weighted by Crippen LogP contribution is 2.20. The van der Waals surface area contributed by atoms with Crippen LogP contribution in [0, 0.1) is 0 Å². The van der Waals surface area contributed by atoms with Crippen molar-refractivity contribution in [3.8, 4) is 5.75 Å². The van der Waals surface area contributed by atoms with Crippen molar-refractivity contribution in [3.63, 3.8) is 0 Å². The summed E-state index contributed by atoms with van der Waals surface area (Å²) in [5, 5.41) is 17.9. The van der Waals surface area contributed by atoms with Crippen molar-refractivity contribution in [2.24, 2.45) is 12.0 Å². The van der Waals surface area contributed by atoms with Gasteiger partial charge in [-0.1, -0.05) is 12.1 Å². The second-order valence-electron chi connectivity index (χ2n) is 6.83. The van der Waals surface area contributed by atoms with Crippen molar-refractivity contribution in [2.45, 2.75) is 13.0 Å². The quantitative estimate of drug-likeness (QED) is 0.550. The molecule has 0 saturated carbocycles. The highest BCUT2D eigenvalue weighted by Gasteiger charge is 2.27. The fourth-order valence-electron chi connectivity index (χ4n) is 3.23. The molecule has 1 aromatic carbocycles. The summed E-state index contributed by atoms with van der Waals surface area (Å²) in [6.45, 7) is 4.24. The van der Waals surface area contributed by atoms with Crippen molar-refractivity contribution in [1.82, 2.24) is 20.0 Å². The summed E-state index contributed by atoms with van der Waals surface area (Å²) in [5.41, 5.74) is 1.54. The standard InChI is InChI=1S/C20H28N6O3/c1-4-21-20(22-12-18(27)15-6-5-7-17(10-15)29-3)25-8-9-26(19(28)14-25)16-11-23-24(2)13-16/h5-7,10-11,13,18,27H,4,8-9,12,14H2,1-3H3,(H,21,22). The maximum Gasteiger partial charge on any atom is 0.246 e. The summed E-state index contributed by atoms with van der Waals surface area (Å²) in [6.07, 6.45) is 2.76. The van der Waals surface area contributed by atoms with Crippen LogP contribution in [0.15, 0.2) is 41.7 Å². The number of methoxy groups -OCH3 is 1. The molecule has 1 unspecified atom stereocenters. The van der Waals surface area contributed by atoms with Gasteiger partial charge in [-0.15, -0.1) is 0 Å². The van der Waals surface area contributed by atoms with Gasteiger partial charge in [-0.05, 0) is 24.6 Å². The van der Waals surface area contributed by atoms with Gasteiger partial charge in [-0.2, -0.15) is 5.10 Å². The average molecular weight is 400 g/mol. The van der Waals surface area contributed by atoms with Gasteiger partial charge in [0.2, 0.25) is 5.91 Å². The van der Waals surface area contributed by atoms with E-state index in [1.807, 2.05) is 43.3 Å². The number of carbonyl (C=O) groups is 1. The van der Waals surface area contributed by atoms with Gasteiger partial charge in [0.15, 0.2) is 5.96 Å². The number of nitrogens with one attached hydrogen (secondary N) is 1. The molecule has 1 aliphatic heterocycles. The van der Waals surface area contributed by atoms with Gasteiger partial charge in [0, 0.05) is 32.9 Å². The van der Waals surface area contributed by atoms with E-state index in [2.05, 4.69) is 15.4 Å². The first-order chi connectivity index (χ1) is 14.0. The SMILES string of the molecule is CCNC(=NCC(O)c1cccc(OC)c1)N1CCN(c2cnn(C)c2)C(=O)C1. The van der Waals surface area contributed by atoms with Crippen LogP contribution in [0.2, 0.25) is 0 Å². The third kappa shape index (κ3) is 5.05. The highest BCUT2D eigenvalue weighted by molar-refractivity contribution is 5.98. The van der Waals surface area contributed by atoms with E-state index >= 15 is 0 Å². The number of carbonyl (C=O) groups excluding carboxylic acids is 1. The molecule has 1 amide bonds. The highest BCUT2D eigenvalue weighted by atomic mass is 16.5. The lowest BCUT2D eigenvalue weighted by Crippen LogP contribution is -2.55. The monoisotopic (exact) mass is 400 g/mol. The van der Waals surface area contributed by atoms with E-state index in [1.165, 1.54) is 0 Å². The molecule has 0 radical (unpaired) electrons. The molecule has 1 atom stereocenters. The lowest BCUT2D eigenvalue weighted by molar-refractivity contribution is -0.120. The number of aliphatic imine (C=N–C) groups is 1. The lowest BCUT2D eigenvalue weighted by atomic mass is 10.1. The number of hydrogen-bond donors (Lipinski definition) is 2. The number of piperazine rings is 1. The largest absolute Gasteiger partial charge is 0.497 e. The number of aryl methyl sites for hydroxylation is 1. The summed E-state index contributed by atoms with van der Waals surface area (Å²) < 4.78 is 6.89. The minimum absolute atomic E-state index is 0.0109. The summed E-state index contributed by atoms with van der Waals surface area (Å²) >= 11 is 0. The Labute approximate surface area is 170 Å². The third-order valence-corrected chi connectivity index (χ3v) is 4.75. The van der Waals surface area contributed by atoms with Crippen molar-refractivity contribution < 1.29 is 14.6 Å². The van der Waals surface area contributed by atoms with Gasteiger partial charge in [-0.3, -0.25) is 14.5 Å². The molecule has 0 aliphatic carbocycles. The maximum absolute atomic E-state index is 12.7. The van der Waals surface area contributed by atoms with Crippen LogP contribution < -0.4 is 15.0 Å². The van der Waals surface area contributed by atoms with Crippen LogP contribution in [0.5, 0.6) is 5.75 Å². The molecule has 2 N–H and O–H groups in total. The Morgan fingerprint density at radius 3 is 2.90 bits per heavy atom. The van der Waals surface area contributed by atoms with E-state index in [4.69, 9.17) is 4.74 Å². The summed E-state index contributed by atoms with van der Waals surface area (Å²) in [7, 11) is 3.42. The molecule has 3 rings (SSSR count). The number of amides is 1. The average Bonchev–Trinajstić information content (AvgIpc) is 3.16. The minimum atomic E-state index is -0.758. The van der Waals surface area contributed by atoms with E-state index in [0.29, 0.717) is 31.3 Å². The molecule has 9 nitrogen and oxygen atoms in total. The van der Waals surface area contributed by atoms with E-state index in [-0.39, 0.29) is 19.0 Å². The number of ether oxygens (including phenoxy) is 1. The fraction of sp³-hybridized carbons (Fsp3) is 0.450. The number of aliphatic hydroxyl groups excluding tert-OH is 1. The van der Waals surface area contributed by atoms with Gasteiger partial charge < -0.3 is 25.0 Å². The van der Waals surface area contributed by atoms with Gasteiger partial charge >= 0.3 is 0 Å². The Morgan fingerprint density at radius 2 is 2.24 bits per heavy atom. The Hall–Kier alpha value is -3.07. The molecule has 2 aromatic rings. The first kappa shape index (κ1) is 20.7. The van der Waals surface area contributed by atoms with Crippen molar-refractivity contribution in [3.05, 3.63) is 42.2 Å². The van der Waals surface area contributed by atoms with Crippen LogP contribution in [-0.2, 0) is 11.8 Å². The van der Waals surface area contributed by atoms with Crippen LogP contribution in [0.1, 0.15) is 18.6 Å². The maximum atomic E-state index is 12.7. The molecule has 1 saturated heterocycles. The molecule has 29 heavy (non-hydrogen) atoms. The smallest absolute Gasteiger partial charge is 0.246 e. The minimum Gasteiger partial charge on any atom is -0.497 e. The van der Waals surface area contributed by atoms with Gasteiger partial charge in [-0.25, -0.2) is 0 Å². The van der Waals surface area contributed by atoms with Crippen molar-refractivity contribution >= 4 is 17.6 Å². The van der Waals surface area contributed by atoms with E-state index in [0.717, 1.165) is 11.3 Å². The topological polar surface area (TPSA) is 95.2 Å². The zero-order valence-electron chi connectivity index (χ0n) is 17.1. The van der Waals surface area contributed by atoms with Crippen LogP contribution in [-0.4, -0.2) is 71.5 Å². The zero-order valence-corrected chi connectivity index (χ0v) is 17.1. The Bertz CT molecular complexity index is 865. The molecule has 0 spiro atoms. The second-order valence-corrected chi connectivity index (χ2v) is 6.83. The second kappa shape index (κ2) is 9.42. The van der Waals surface area contributed by atoms with Gasteiger partial charge in [0.1, 0.15) is 12.3 Å². The molecule has 156 valence electrons. The molecule has 1 aliphatic rings. The number of rotatable bonds is 6. The molecule has 2 heterocycles. The molecule has 9 heteroatoms. The van der Waals surface area contributed by atoms with Crippen LogP contribution in [0.3, 0.4) is 0 Å². The van der Waals surface area contributed by atoms with E-state index in [9.17, 15) is 9.90 Å². The first-order valence-electron chi connectivity index (χ1n) is 9.66. The third-order valence-electron chi connectivity index (χ3n) is 4.75. The van der Waals surface area contributed by atoms with Crippen molar-refractivity contribution in [1.29, 1.82) is 0 Å². The lowest BCUT2D eigenvalue weighted by Gasteiger charge is -2.35. The van der Waals surface area contributed by atoms with Gasteiger partial charge in [0.05, 0.1) is 31.6 Å². The van der Waals surface area contributed by atoms with Crippen LogP contribution >= 0.6 is 0 Å². The molecular weight excluding hydrogens is 372 g/mol. The number of guanidine groups is 1. The molecular formula is C20H28N6O3. The predicted octanol–water partition coefficient (Wildman–Crippen LogP) is 0.776. The Balaban J connectivity index is 1.66. The molecule has 0 bridgehead atoms. The van der Waals surface area contributed by atoms with Crippen LogP contribution in [0.25, 0.3) is 0 Å². The van der Waals surface area contributed by atoms with Gasteiger partial charge in [0.25, 0.3) is 0 Å². The number of aliphatic hydroxyl groups is 1. The Kier molecular flexibility index (Phi) is 6.71. The van der Waals surface area contributed by atoms with Crippen LogP contribution in [0.4, 0.5) is 5.69 Å². The molecule has 1 aromatic heterocycles. The summed E-state index contributed by atoms with van der Waals surface area (Å²) in [6, 6.07) is 7.30. The Morgan fingerprint density at radius 1 is 1.41 bits per heavy atom. The van der Waals surface area contributed by atoms with E-state index in [1.54, 1.807) is 29.0 Å². The summed E-state index contributed by atoms with van der Waals surface area (Å²) in [4.78, 5) is 20.9.